The highest BCUT2D eigenvalue weighted by Gasteiger charge is 2.38. The number of benzene rings is 1. The predicted molar refractivity (Wildman–Crippen MR) is 149 cm³/mol. The summed E-state index contributed by atoms with van der Waals surface area (Å²) in [5.74, 6) is -0.424. The van der Waals surface area contributed by atoms with Crippen LogP contribution in [0.4, 0.5) is 14.7 Å². The number of halogens is 2. The van der Waals surface area contributed by atoms with Crippen LogP contribution in [0.1, 0.15) is 50.9 Å². The highest BCUT2D eigenvalue weighted by molar-refractivity contribution is 5.85. The Balaban J connectivity index is 1.55. The zero-order chi connectivity index (χ0) is 28.8. The van der Waals surface area contributed by atoms with E-state index in [1.807, 2.05) is 23.3 Å². The Morgan fingerprint density at radius 2 is 2.10 bits per heavy atom. The Kier molecular flexibility index (Phi) is 7.93. The second-order valence-electron chi connectivity index (χ2n) is 11.5. The molecule has 40 heavy (non-hydrogen) atoms. The highest BCUT2D eigenvalue weighted by atomic mass is 19.1. The maximum atomic E-state index is 15.0. The van der Waals surface area contributed by atoms with Crippen LogP contribution in [0.15, 0.2) is 29.2 Å². The van der Waals surface area contributed by atoms with Gasteiger partial charge in [-0.2, -0.15) is 0 Å². The number of hydrogen-bond donors (Lipinski definition) is 3. The SMILES string of the molecule is Cc1c(CN2CC[C@@](C)(O)[C@H](F)C2)n(C(C)C)c2cc(-c3nc(N[C@@H]4CCOC[C@H]4O)ncc3F)ccc2c1=O. The first-order valence-electron chi connectivity index (χ1n) is 13.8. The molecule has 0 radical (unpaired) electrons. The molecule has 4 atom stereocenters. The summed E-state index contributed by atoms with van der Waals surface area (Å²) in [6.07, 6.45) is -0.167. The normalized spacial score (nSPS) is 26.0. The molecule has 0 bridgehead atoms. The maximum Gasteiger partial charge on any atom is 0.223 e. The minimum atomic E-state index is -1.39. The molecule has 3 N–H and O–H groups in total. The fraction of sp³-hybridized carbons (Fsp3) is 0.552. The molecule has 2 aliphatic heterocycles. The molecular weight excluding hydrogens is 520 g/mol. The van der Waals surface area contributed by atoms with E-state index in [0.29, 0.717) is 54.6 Å². The van der Waals surface area contributed by atoms with Crippen LogP contribution in [0.3, 0.4) is 0 Å². The van der Waals surface area contributed by atoms with Gasteiger partial charge in [0.25, 0.3) is 0 Å². The lowest BCUT2D eigenvalue weighted by Crippen LogP contribution is -2.51. The number of aliphatic hydroxyl groups excluding tert-OH is 1. The number of fused-ring (bicyclic) bond motifs is 1. The molecule has 0 unspecified atom stereocenters. The summed E-state index contributed by atoms with van der Waals surface area (Å²) in [6.45, 7) is 8.92. The molecule has 0 spiro atoms. The van der Waals surface area contributed by atoms with Crippen molar-refractivity contribution in [2.45, 2.75) is 77.0 Å². The topological polar surface area (TPSA) is 113 Å². The van der Waals surface area contributed by atoms with Crippen LogP contribution in [0.25, 0.3) is 22.2 Å². The fourth-order valence-electron chi connectivity index (χ4n) is 5.62. The van der Waals surface area contributed by atoms with E-state index in [-0.39, 0.29) is 42.3 Å². The average molecular weight is 558 g/mol. The number of piperidine rings is 1. The van der Waals surface area contributed by atoms with Gasteiger partial charge in [-0.15, -0.1) is 0 Å². The van der Waals surface area contributed by atoms with Crippen LogP contribution in [-0.4, -0.2) is 79.9 Å². The second-order valence-corrected chi connectivity index (χ2v) is 11.5. The highest BCUT2D eigenvalue weighted by Crippen LogP contribution is 2.30. The number of pyridine rings is 1. The lowest BCUT2D eigenvalue weighted by atomic mass is 9.91. The third kappa shape index (κ3) is 5.47. The van der Waals surface area contributed by atoms with Crippen LogP contribution in [0.5, 0.6) is 0 Å². The van der Waals surface area contributed by atoms with Gasteiger partial charge >= 0.3 is 0 Å². The molecule has 2 aliphatic rings. The first-order valence-corrected chi connectivity index (χ1v) is 13.8. The van der Waals surface area contributed by atoms with Gasteiger partial charge in [0.15, 0.2) is 11.2 Å². The molecule has 5 rings (SSSR count). The predicted octanol–water partition coefficient (Wildman–Crippen LogP) is 3.34. The van der Waals surface area contributed by atoms with E-state index in [1.54, 1.807) is 25.1 Å². The molecule has 2 saturated heterocycles. The average Bonchev–Trinajstić information content (AvgIpc) is 2.91. The summed E-state index contributed by atoms with van der Waals surface area (Å²) in [7, 11) is 0. The number of ether oxygens (including phenoxy) is 1. The third-order valence-electron chi connectivity index (χ3n) is 8.14. The fourth-order valence-corrected chi connectivity index (χ4v) is 5.62. The Bertz CT molecular complexity index is 1460. The summed E-state index contributed by atoms with van der Waals surface area (Å²) in [5.41, 5.74) is 1.03. The standard InChI is InChI=1S/C29H37F2N5O4/c1-16(2)36-22-11-18(26-20(30)12-32-28(34-26)33-21-7-10-40-15-24(21)37)5-6-19(22)27(38)17(3)23(36)13-35-9-8-29(4,39)25(31)14-35/h5-6,11-12,16,21,24-25,37,39H,7-10,13-15H2,1-4H3,(H,32,33,34)/t21-,24-,25-,29-/m1/s1. The number of nitrogens with one attached hydrogen (secondary N) is 1. The first-order chi connectivity index (χ1) is 19.0. The van der Waals surface area contributed by atoms with Crippen molar-refractivity contribution in [2.75, 3.05) is 31.6 Å². The van der Waals surface area contributed by atoms with E-state index in [1.165, 1.54) is 6.92 Å². The van der Waals surface area contributed by atoms with Gasteiger partial charge in [0, 0.05) is 54.5 Å². The molecule has 9 nitrogen and oxygen atoms in total. The molecule has 216 valence electrons. The van der Waals surface area contributed by atoms with Crippen molar-refractivity contribution in [3.63, 3.8) is 0 Å². The van der Waals surface area contributed by atoms with Crippen molar-refractivity contribution in [3.05, 3.63) is 51.7 Å². The summed E-state index contributed by atoms with van der Waals surface area (Å²) in [5, 5.41) is 24.1. The molecule has 2 aromatic heterocycles. The summed E-state index contributed by atoms with van der Waals surface area (Å²) < 4.78 is 37.0. The van der Waals surface area contributed by atoms with E-state index in [4.69, 9.17) is 4.74 Å². The molecule has 11 heteroatoms. The van der Waals surface area contributed by atoms with Gasteiger partial charge in [0.05, 0.1) is 36.1 Å². The Morgan fingerprint density at radius 3 is 2.80 bits per heavy atom. The van der Waals surface area contributed by atoms with Gasteiger partial charge < -0.3 is 24.8 Å². The van der Waals surface area contributed by atoms with E-state index < -0.39 is 23.7 Å². The van der Waals surface area contributed by atoms with Gasteiger partial charge in [-0.1, -0.05) is 6.07 Å². The van der Waals surface area contributed by atoms with Gasteiger partial charge in [-0.3, -0.25) is 9.69 Å². The molecule has 0 aliphatic carbocycles. The first kappa shape index (κ1) is 28.5. The molecule has 3 aromatic rings. The van der Waals surface area contributed by atoms with Gasteiger partial charge in [0.2, 0.25) is 5.95 Å². The molecule has 0 saturated carbocycles. The van der Waals surface area contributed by atoms with E-state index in [0.717, 1.165) is 11.9 Å². The van der Waals surface area contributed by atoms with Crippen molar-refractivity contribution in [3.8, 4) is 11.3 Å². The van der Waals surface area contributed by atoms with Crippen LogP contribution in [0, 0.1) is 12.7 Å². The van der Waals surface area contributed by atoms with Crippen LogP contribution in [0.2, 0.25) is 0 Å². The number of rotatable bonds is 6. The maximum absolute atomic E-state index is 15.0. The Morgan fingerprint density at radius 1 is 1.32 bits per heavy atom. The van der Waals surface area contributed by atoms with E-state index in [2.05, 4.69) is 15.3 Å². The van der Waals surface area contributed by atoms with Gasteiger partial charge in [-0.25, -0.2) is 18.7 Å². The number of anilines is 1. The molecular formula is C29H37F2N5O4. The van der Waals surface area contributed by atoms with Crippen molar-refractivity contribution in [2.24, 2.45) is 0 Å². The molecule has 1 aromatic carbocycles. The van der Waals surface area contributed by atoms with E-state index in [9.17, 15) is 19.4 Å². The monoisotopic (exact) mass is 557 g/mol. The number of aliphatic hydroxyl groups is 2. The van der Waals surface area contributed by atoms with Gasteiger partial charge in [-0.05, 0) is 52.7 Å². The number of nitrogens with zero attached hydrogens (tertiary/aromatic N) is 4. The lowest BCUT2D eigenvalue weighted by molar-refractivity contribution is -0.0732. The lowest BCUT2D eigenvalue weighted by Gasteiger charge is -2.39. The summed E-state index contributed by atoms with van der Waals surface area (Å²) in [4.78, 5) is 23.9. The van der Waals surface area contributed by atoms with Crippen LogP contribution >= 0.6 is 0 Å². The second kappa shape index (κ2) is 11.1. The minimum Gasteiger partial charge on any atom is -0.389 e. The number of aromatic nitrogens is 3. The molecule has 2 fully saturated rings. The zero-order valence-corrected chi connectivity index (χ0v) is 23.3. The summed E-state index contributed by atoms with van der Waals surface area (Å²) >= 11 is 0. The summed E-state index contributed by atoms with van der Waals surface area (Å²) in [6, 6.07) is 4.75. The van der Waals surface area contributed by atoms with Crippen LogP contribution in [-0.2, 0) is 11.3 Å². The molecule has 0 amide bonds. The number of likely N-dealkylation sites (tertiary alicyclic amines) is 1. The van der Waals surface area contributed by atoms with Crippen molar-refractivity contribution in [1.29, 1.82) is 0 Å². The molecule has 4 heterocycles. The van der Waals surface area contributed by atoms with Crippen molar-refractivity contribution in [1.82, 2.24) is 19.4 Å². The van der Waals surface area contributed by atoms with Gasteiger partial charge in [0.1, 0.15) is 11.9 Å². The zero-order valence-electron chi connectivity index (χ0n) is 23.3. The largest absolute Gasteiger partial charge is 0.389 e. The smallest absolute Gasteiger partial charge is 0.223 e. The third-order valence-corrected chi connectivity index (χ3v) is 8.14. The number of alkyl halides is 1. The Hall–Kier alpha value is -2.99. The van der Waals surface area contributed by atoms with Crippen LogP contribution < -0.4 is 10.7 Å². The minimum absolute atomic E-state index is 0.0522. The number of hydrogen-bond acceptors (Lipinski definition) is 8. The quantitative estimate of drug-likeness (QED) is 0.423. The Labute approximate surface area is 231 Å². The van der Waals surface area contributed by atoms with Crippen molar-refractivity contribution >= 4 is 16.9 Å². The van der Waals surface area contributed by atoms with Crippen molar-refractivity contribution < 1.29 is 23.7 Å². The van der Waals surface area contributed by atoms with E-state index >= 15 is 4.39 Å².